The fourth-order valence-electron chi connectivity index (χ4n) is 3.41. The molecule has 1 aliphatic heterocycles. The zero-order valence-corrected chi connectivity index (χ0v) is 15.6. The molecule has 26 heavy (non-hydrogen) atoms. The Bertz CT molecular complexity index is 707. The van der Waals surface area contributed by atoms with Gasteiger partial charge < -0.3 is 10.1 Å². The van der Waals surface area contributed by atoms with Crippen LogP contribution in [0.15, 0.2) is 42.6 Å². The Kier molecular flexibility index (Phi) is 6.23. The lowest BCUT2D eigenvalue weighted by molar-refractivity contribution is 0.0924. The topological polar surface area (TPSA) is 54.5 Å². The normalized spacial score (nSPS) is 16.1. The minimum absolute atomic E-state index is 0.0759. The molecule has 5 heteroatoms. The minimum atomic E-state index is -0.0759. The molecule has 0 bridgehead atoms. The Morgan fingerprint density at radius 1 is 1.15 bits per heavy atom. The number of hydrogen-bond acceptors (Lipinski definition) is 4. The molecule has 1 unspecified atom stereocenters. The molecule has 1 atom stereocenters. The average Bonchev–Trinajstić information content (AvgIpc) is 2.70. The van der Waals surface area contributed by atoms with E-state index in [9.17, 15) is 4.79 Å². The number of aromatic nitrogens is 1. The van der Waals surface area contributed by atoms with Crippen molar-refractivity contribution >= 4 is 5.91 Å². The van der Waals surface area contributed by atoms with Crippen LogP contribution in [-0.2, 0) is 0 Å². The van der Waals surface area contributed by atoms with Crippen molar-refractivity contribution < 1.29 is 9.53 Å². The number of amides is 1. The lowest BCUT2D eigenvalue weighted by atomic mass is 10.0. The number of nitrogens with zero attached hydrogens (tertiary/aromatic N) is 2. The summed E-state index contributed by atoms with van der Waals surface area (Å²) in [6, 6.07) is 12.0. The SMILES string of the molecule is COc1ccc(C(CNC(=O)c2ccc(C)nc2)N2CCCCC2)cc1. The summed E-state index contributed by atoms with van der Waals surface area (Å²) in [5.74, 6) is 0.772. The summed E-state index contributed by atoms with van der Waals surface area (Å²) in [6.45, 7) is 4.63. The number of rotatable bonds is 6. The number of carbonyl (C=O) groups is 1. The van der Waals surface area contributed by atoms with E-state index in [0.717, 1.165) is 24.5 Å². The lowest BCUT2D eigenvalue weighted by Crippen LogP contribution is -2.40. The summed E-state index contributed by atoms with van der Waals surface area (Å²) in [5, 5.41) is 3.09. The van der Waals surface area contributed by atoms with E-state index in [4.69, 9.17) is 4.74 Å². The second kappa shape index (κ2) is 8.81. The first kappa shape index (κ1) is 18.4. The molecule has 0 saturated carbocycles. The van der Waals surface area contributed by atoms with Crippen molar-refractivity contribution in [1.29, 1.82) is 0 Å². The number of methoxy groups -OCH3 is 1. The first-order chi connectivity index (χ1) is 12.7. The second-order valence-electron chi connectivity index (χ2n) is 6.78. The number of likely N-dealkylation sites (tertiary alicyclic amines) is 1. The molecule has 2 aromatic rings. The first-order valence-electron chi connectivity index (χ1n) is 9.26. The van der Waals surface area contributed by atoms with Crippen molar-refractivity contribution in [2.75, 3.05) is 26.7 Å². The van der Waals surface area contributed by atoms with Gasteiger partial charge in [-0.1, -0.05) is 18.6 Å². The largest absolute Gasteiger partial charge is 0.497 e. The van der Waals surface area contributed by atoms with Crippen LogP contribution in [-0.4, -0.2) is 42.5 Å². The van der Waals surface area contributed by atoms with Gasteiger partial charge in [0.1, 0.15) is 5.75 Å². The van der Waals surface area contributed by atoms with Gasteiger partial charge in [-0.25, -0.2) is 0 Å². The van der Waals surface area contributed by atoms with Crippen LogP contribution in [0.5, 0.6) is 5.75 Å². The van der Waals surface area contributed by atoms with Crippen LogP contribution in [0.3, 0.4) is 0 Å². The predicted molar refractivity (Wildman–Crippen MR) is 102 cm³/mol. The third kappa shape index (κ3) is 4.61. The predicted octanol–water partition coefficient (Wildman–Crippen LogP) is 3.36. The van der Waals surface area contributed by atoms with Gasteiger partial charge in [0.2, 0.25) is 0 Å². The Hall–Kier alpha value is -2.40. The molecule has 0 aliphatic carbocycles. The van der Waals surface area contributed by atoms with Crippen molar-refractivity contribution in [3.05, 3.63) is 59.4 Å². The van der Waals surface area contributed by atoms with E-state index >= 15 is 0 Å². The van der Waals surface area contributed by atoms with Gasteiger partial charge in [0, 0.05) is 18.4 Å². The number of aryl methyl sites for hydroxylation is 1. The monoisotopic (exact) mass is 353 g/mol. The summed E-state index contributed by atoms with van der Waals surface area (Å²) in [4.78, 5) is 19.2. The van der Waals surface area contributed by atoms with Crippen molar-refractivity contribution in [1.82, 2.24) is 15.2 Å². The molecule has 1 saturated heterocycles. The minimum Gasteiger partial charge on any atom is -0.497 e. The van der Waals surface area contributed by atoms with Gasteiger partial charge in [0.05, 0.1) is 18.7 Å². The van der Waals surface area contributed by atoms with Gasteiger partial charge in [-0.3, -0.25) is 14.7 Å². The van der Waals surface area contributed by atoms with E-state index in [0.29, 0.717) is 12.1 Å². The van der Waals surface area contributed by atoms with E-state index in [1.807, 2.05) is 31.2 Å². The third-order valence-electron chi connectivity index (χ3n) is 4.96. The van der Waals surface area contributed by atoms with Gasteiger partial charge in [-0.2, -0.15) is 0 Å². The van der Waals surface area contributed by atoms with E-state index in [2.05, 4.69) is 27.3 Å². The van der Waals surface area contributed by atoms with E-state index in [1.54, 1.807) is 13.3 Å². The fourth-order valence-corrected chi connectivity index (χ4v) is 3.41. The number of benzene rings is 1. The van der Waals surface area contributed by atoms with Crippen molar-refractivity contribution in [2.24, 2.45) is 0 Å². The van der Waals surface area contributed by atoms with E-state index < -0.39 is 0 Å². The van der Waals surface area contributed by atoms with Crippen LogP contribution in [0.4, 0.5) is 0 Å². The van der Waals surface area contributed by atoms with Crippen LogP contribution >= 0.6 is 0 Å². The standard InChI is InChI=1S/C21H27N3O2/c1-16-6-7-18(14-22-16)21(25)23-15-20(24-12-4-3-5-13-24)17-8-10-19(26-2)11-9-17/h6-11,14,20H,3-5,12-13,15H2,1-2H3,(H,23,25). The van der Waals surface area contributed by atoms with Crippen LogP contribution in [0.2, 0.25) is 0 Å². The Morgan fingerprint density at radius 2 is 1.88 bits per heavy atom. The number of piperidine rings is 1. The maximum atomic E-state index is 12.5. The highest BCUT2D eigenvalue weighted by Crippen LogP contribution is 2.26. The number of pyridine rings is 1. The fraction of sp³-hybridized carbons (Fsp3) is 0.429. The molecule has 1 aliphatic rings. The summed E-state index contributed by atoms with van der Waals surface area (Å²) in [7, 11) is 1.67. The molecule has 2 heterocycles. The van der Waals surface area contributed by atoms with Crippen LogP contribution in [0.25, 0.3) is 0 Å². The number of hydrogen-bond donors (Lipinski definition) is 1. The summed E-state index contributed by atoms with van der Waals surface area (Å²) in [6.07, 6.45) is 5.34. The second-order valence-corrected chi connectivity index (χ2v) is 6.78. The molecule has 1 aromatic heterocycles. The van der Waals surface area contributed by atoms with E-state index in [1.165, 1.54) is 24.8 Å². The highest BCUT2D eigenvalue weighted by Gasteiger charge is 2.23. The number of ether oxygens (including phenoxy) is 1. The molecule has 1 N–H and O–H groups in total. The molecular weight excluding hydrogens is 326 g/mol. The van der Waals surface area contributed by atoms with Crippen molar-refractivity contribution in [2.45, 2.75) is 32.2 Å². The maximum absolute atomic E-state index is 12.5. The van der Waals surface area contributed by atoms with Gasteiger partial charge >= 0.3 is 0 Å². The quantitative estimate of drug-likeness (QED) is 0.865. The van der Waals surface area contributed by atoms with Crippen molar-refractivity contribution in [3.8, 4) is 5.75 Å². The molecule has 1 fully saturated rings. The first-order valence-corrected chi connectivity index (χ1v) is 9.26. The van der Waals surface area contributed by atoms with Gasteiger partial charge in [0.15, 0.2) is 0 Å². The zero-order chi connectivity index (χ0) is 18.4. The highest BCUT2D eigenvalue weighted by molar-refractivity contribution is 5.93. The highest BCUT2D eigenvalue weighted by atomic mass is 16.5. The Balaban J connectivity index is 1.72. The molecule has 5 nitrogen and oxygen atoms in total. The van der Waals surface area contributed by atoms with Crippen LogP contribution in [0, 0.1) is 6.92 Å². The Labute approximate surface area is 155 Å². The number of nitrogens with one attached hydrogen (secondary N) is 1. The molecular formula is C21H27N3O2. The smallest absolute Gasteiger partial charge is 0.252 e. The van der Waals surface area contributed by atoms with Crippen LogP contribution < -0.4 is 10.1 Å². The van der Waals surface area contributed by atoms with Gasteiger partial charge in [-0.05, 0) is 62.7 Å². The summed E-state index contributed by atoms with van der Waals surface area (Å²) >= 11 is 0. The third-order valence-corrected chi connectivity index (χ3v) is 4.96. The van der Waals surface area contributed by atoms with E-state index in [-0.39, 0.29) is 11.9 Å². The van der Waals surface area contributed by atoms with Gasteiger partial charge in [-0.15, -0.1) is 0 Å². The summed E-state index contributed by atoms with van der Waals surface area (Å²) in [5.41, 5.74) is 2.71. The molecule has 3 rings (SSSR count). The molecule has 1 amide bonds. The molecule has 138 valence electrons. The average molecular weight is 353 g/mol. The maximum Gasteiger partial charge on any atom is 0.252 e. The Morgan fingerprint density at radius 3 is 2.50 bits per heavy atom. The molecule has 1 aromatic carbocycles. The van der Waals surface area contributed by atoms with Gasteiger partial charge in [0.25, 0.3) is 5.91 Å². The zero-order valence-electron chi connectivity index (χ0n) is 15.6. The summed E-state index contributed by atoms with van der Waals surface area (Å²) < 4.78 is 5.27. The number of carbonyl (C=O) groups excluding carboxylic acids is 1. The van der Waals surface area contributed by atoms with Crippen LogP contribution in [0.1, 0.15) is 46.9 Å². The van der Waals surface area contributed by atoms with Crippen molar-refractivity contribution in [3.63, 3.8) is 0 Å². The molecule has 0 spiro atoms. The molecule has 0 radical (unpaired) electrons. The lowest BCUT2D eigenvalue weighted by Gasteiger charge is -2.35.